The van der Waals surface area contributed by atoms with Crippen molar-refractivity contribution in [3.05, 3.63) is 156 Å². The lowest BCUT2D eigenvalue weighted by Gasteiger charge is -2.19. The van der Waals surface area contributed by atoms with Crippen molar-refractivity contribution >= 4 is 97.0 Å². The second-order valence-corrected chi connectivity index (χ2v) is 15.6. The molecule has 0 atom stereocenters. The molecule has 0 fully saturated rings. The molecular weight excluding hydrogens is 625 g/mol. The van der Waals surface area contributed by atoms with Gasteiger partial charge < -0.3 is 0 Å². The third kappa shape index (κ3) is 3.57. The van der Waals surface area contributed by atoms with Gasteiger partial charge in [0.15, 0.2) is 0 Å². The summed E-state index contributed by atoms with van der Waals surface area (Å²) in [6.45, 7) is 8.97. The first kappa shape index (κ1) is 28.5. The standard InChI is InChI=1S/C52H34/c1-27-18-28(2)21-35(20-27)47-42-25-40-37-12-6-9-31-10-7-13-38(46(31)37)41(40)26-43(42)48(36-22-29(3)19-30(4)23-36)52-44-24-34-11-5-8-32-14-15-33-16-17-39(51(47)52)50(44)49(33)45(32)34/h5-26H,1-4H3. The topological polar surface area (TPSA) is 0 Å². The Bertz CT molecular complexity index is 3440. The van der Waals surface area contributed by atoms with E-state index in [9.17, 15) is 0 Å². The minimum Gasteiger partial charge on any atom is -0.0610 e. The molecule has 0 nitrogen and oxygen atoms in total. The zero-order chi connectivity index (χ0) is 34.6. The van der Waals surface area contributed by atoms with Gasteiger partial charge in [-0.25, -0.2) is 0 Å². The molecule has 0 unspecified atom stereocenters. The summed E-state index contributed by atoms with van der Waals surface area (Å²) in [4.78, 5) is 0. The second kappa shape index (κ2) is 9.75. The van der Waals surface area contributed by atoms with Crippen molar-refractivity contribution in [3.63, 3.8) is 0 Å². The van der Waals surface area contributed by atoms with Crippen LogP contribution in [0.3, 0.4) is 0 Å². The SMILES string of the molecule is Cc1cc(C)cc(-c2c3cc4c(cc3c(-c3cc(C)cc(C)c3)c3c5cc6cccc7ccc8ccc(c23)c5c8c76)c2cccc3cccc4c32)c1. The lowest BCUT2D eigenvalue weighted by molar-refractivity contribution is 1.39. The molecule has 0 bridgehead atoms. The van der Waals surface area contributed by atoms with Gasteiger partial charge in [-0.3, -0.25) is 0 Å². The van der Waals surface area contributed by atoms with Gasteiger partial charge in [-0.15, -0.1) is 0 Å². The van der Waals surface area contributed by atoms with Gasteiger partial charge >= 0.3 is 0 Å². The number of benzene rings is 10. The van der Waals surface area contributed by atoms with Crippen LogP contribution in [0, 0.1) is 27.7 Å². The Balaban J connectivity index is 1.44. The maximum absolute atomic E-state index is 2.55. The van der Waals surface area contributed by atoms with Crippen molar-refractivity contribution in [1.29, 1.82) is 0 Å². The predicted octanol–water partition coefficient (Wildman–Crippen LogP) is 14.9. The highest BCUT2D eigenvalue weighted by atomic mass is 14.3. The van der Waals surface area contributed by atoms with E-state index in [-0.39, 0.29) is 0 Å². The van der Waals surface area contributed by atoms with Gasteiger partial charge in [0, 0.05) is 0 Å². The lowest BCUT2D eigenvalue weighted by Crippen LogP contribution is -1.92. The van der Waals surface area contributed by atoms with Gasteiger partial charge in [-0.05, 0) is 165 Å². The smallest absolute Gasteiger partial charge is 0.000718 e. The van der Waals surface area contributed by atoms with Crippen LogP contribution in [0.5, 0.6) is 0 Å². The van der Waals surface area contributed by atoms with Gasteiger partial charge in [-0.2, -0.15) is 0 Å². The number of rotatable bonds is 2. The molecule has 0 aliphatic carbocycles. The van der Waals surface area contributed by atoms with Crippen molar-refractivity contribution in [1.82, 2.24) is 0 Å². The molecule has 0 heterocycles. The monoisotopic (exact) mass is 658 g/mol. The van der Waals surface area contributed by atoms with Crippen molar-refractivity contribution in [3.8, 4) is 22.3 Å². The van der Waals surface area contributed by atoms with Crippen LogP contribution in [0.2, 0.25) is 0 Å². The van der Waals surface area contributed by atoms with E-state index in [0.717, 1.165) is 0 Å². The van der Waals surface area contributed by atoms with Crippen LogP contribution in [0.1, 0.15) is 22.3 Å². The molecule has 242 valence electrons. The fourth-order valence-corrected chi connectivity index (χ4v) is 10.4. The molecule has 0 radical (unpaired) electrons. The fraction of sp³-hybridized carbons (Fsp3) is 0.0769. The summed E-state index contributed by atoms with van der Waals surface area (Å²) in [6.07, 6.45) is 0. The Labute approximate surface area is 301 Å². The largest absolute Gasteiger partial charge is 0.0610 e. The van der Waals surface area contributed by atoms with Crippen molar-refractivity contribution in [2.75, 3.05) is 0 Å². The molecule has 12 aromatic rings. The molecular formula is C52H34. The first-order valence-corrected chi connectivity index (χ1v) is 18.5. The van der Waals surface area contributed by atoms with E-state index in [4.69, 9.17) is 0 Å². The molecule has 0 aromatic heterocycles. The quantitative estimate of drug-likeness (QED) is 0.162. The van der Waals surface area contributed by atoms with Crippen LogP contribution in [0.25, 0.3) is 119 Å². The molecule has 0 saturated carbocycles. The number of hydrogen-bond donors (Lipinski definition) is 0. The zero-order valence-electron chi connectivity index (χ0n) is 29.7. The average molecular weight is 659 g/mol. The first-order chi connectivity index (χ1) is 25.4. The van der Waals surface area contributed by atoms with Crippen LogP contribution >= 0.6 is 0 Å². The van der Waals surface area contributed by atoms with Crippen LogP contribution in [-0.2, 0) is 0 Å². The van der Waals surface area contributed by atoms with E-state index in [1.54, 1.807) is 0 Å². The van der Waals surface area contributed by atoms with Crippen LogP contribution in [0.4, 0.5) is 0 Å². The average Bonchev–Trinajstić information content (AvgIpc) is 3.62. The number of aryl methyl sites for hydroxylation is 4. The van der Waals surface area contributed by atoms with Gasteiger partial charge in [0.1, 0.15) is 0 Å². The summed E-state index contributed by atoms with van der Waals surface area (Å²) in [5, 5.41) is 24.2. The molecule has 0 aliphatic heterocycles. The summed E-state index contributed by atoms with van der Waals surface area (Å²) < 4.78 is 0. The normalized spacial score (nSPS) is 12.6. The summed E-state index contributed by atoms with van der Waals surface area (Å²) >= 11 is 0. The summed E-state index contributed by atoms with van der Waals surface area (Å²) in [7, 11) is 0. The van der Waals surface area contributed by atoms with Crippen molar-refractivity contribution in [2.24, 2.45) is 0 Å². The highest BCUT2D eigenvalue weighted by Crippen LogP contribution is 2.55. The van der Waals surface area contributed by atoms with Crippen molar-refractivity contribution in [2.45, 2.75) is 27.7 Å². The fourth-order valence-electron chi connectivity index (χ4n) is 10.4. The maximum Gasteiger partial charge on any atom is -0.000718 e. The molecule has 0 heteroatoms. The highest BCUT2D eigenvalue weighted by molar-refractivity contribution is 6.46. The van der Waals surface area contributed by atoms with Gasteiger partial charge in [0.2, 0.25) is 0 Å². The Morgan fingerprint density at radius 1 is 0.250 bits per heavy atom. The Morgan fingerprint density at radius 3 is 1.29 bits per heavy atom. The summed E-state index contributed by atoms with van der Waals surface area (Å²) in [5.74, 6) is 0. The maximum atomic E-state index is 2.55. The molecule has 0 aliphatic rings. The van der Waals surface area contributed by atoms with E-state index in [2.05, 4.69) is 161 Å². The predicted molar refractivity (Wildman–Crippen MR) is 227 cm³/mol. The van der Waals surface area contributed by atoms with Crippen LogP contribution < -0.4 is 0 Å². The number of fused-ring (bicyclic) bond motifs is 7. The van der Waals surface area contributed by atoms with E-state index in [0.29, 0.717) is 0 Å². The zero-order valence-corrected chi connectivity index (χ0v) is 29.7. The second-order valence-electron chi connectivity index (χ2n) is 15.6. The Kier molecular flexibility index (Phi) is 5.34. The Morgan fingerprint density at radius 2 is 0.712 bits per heavy atom. The number of hydrogen-bond acceptors (Lipinski definition) is 0. The third-order valence-electron chi connectivity index (χ3n) is 12.1. The first-order valence-electron chi connectivity index (χ1n) is 18.5. The van der Waals surface area contributed by atoms with E-state index < -0.39 is 0 Å². The minimum absolute atomic E-state index is 1.29. The highest BCUT2D eigenvalue weighted by Gasteiger charge is 2.27. The van der Waals surface area contributed by atoms with E-state index >= 15 is 0 Å². The molecule has 12 aromatic carbocycles. The van der Waals surface area contributed by atoms with Crippen LogP contribution in [-0.4, -0.2) is 0 Å². The summed E-state index contributed by atoms with van der Waals surface area (Å²) in [5.41, 5.74) is 10.4. The van der Waals surface area contributed by atoms with E-state index in [1.807, 2.05) is 0 Å². The van der Waals surface area contributed by atoms with Crippen LogP contribution in [0.15, 0.2) is 133 Å². The molecule has 0 amide bonds. The summed E-state index contributed by atoms with van der Waals surface area (Å²) in [6, 6.07) is 51.7. The molecule has 0 saturated heterocycles. The Hall–Kier alpha value is -6.24. The van der Waals surface area contributed by atoms with Crippen molar-refractivity contribution < 1.29 is 0 Å². The van der Waals surface area contributed by atoms with Gasteiger partial charge in [0.05, 0.1) is 0 Å². The molecule has 12 rings (SSSR count). The van der Waals surface area contributed by atoms with Gasteiger partial charge in [-0.1, -0.05) is 138 Å². The third-order valence-corrected chi connectivity index (χ3v) is 12.1. The van der Waals surface area contributed by atoms with E-state index in [1.165, 1.54) is 141 Å². The lowest BCUT2D eigenvalue weighted by atomic mass is 9.84. The molecule has 0 N–H and O–H groups in total. The molecule has 52 heavy (non-hydrogen) atoms. The minimum atomic E-state index is 1.29. The molecule has 0 spiro atoms. The van der Waals surface area contributed by atoms with Gasteiger partial charge in [0.25, 0.3) is 0 Å².